The largest absolute Gasteiger partial charge is 0.288 e. The minimum atomic E-state index is -2.81. The van der Waals surface area contributed by atoms with E-state index < -0.39 is 9.84 Å². The summed E-state index contributed by atoms with van der Waals surface area (Å²) in [6.45, 7) is 5.80. The van der Waals surface area contributed by atoms with Gasteiger partial charge in [-0.05, 0) is 25.3 Å². The van der Waals surface area contributed by atoms with E-state index in [1.165, 1.54) is 0 Å². The third-order valence-electron chi connectivity index (χ3n) is 3.01. The Hall–Kier alpha value is -0.530. The molecule has 1 rings (SSSR count). The van der Waals surface area contributed by atoms with E-state index in [1.54, 1.807) is 0 Å². The first-order valence-corrected chi connectivity index (χ1v) is 7.64. The zero-order valence-corrected chi connectivity index (χ0v) is 11.0. The second kappa shape index (κ2) is 5.70. The Labute approximate surface area is 99.1 Å². The Morgan fingerprint density at radius 1 is 1.50 bits per heavy atom. The molecule has 1 aliphatic heterocycles. The minimum absolute atomic E-state index is 0.139. The van der Waals surface area contributed by atoms with Crippen LogP contribution in [0.4, 0.5) is 0 Å². The molecule has 3 nitrogen and oxygen atoms in total. The number of rotatable bonds is 5. The van der Waals surface area contributed by atoms with Gasteiger partial charge in [0, 0.05) is 6.04 Å². The summed E-state index contributed by atoms with van der Waals surface area (Å²) in [7, 11) is -2.81. The van der Waals surface area contributed by atoms with Gasteiger partial charge in [0.25, 0.3) is 0 Å². The molecule has 0 N–H and O–H groups in total. The predicted octanol–water partition coefficient (Wildman–Crippen LogP) is 1.15. The quantitative estimate of drug-likeness (QED) is 0.680. The second-order valence-electron chi connectivity index (χ2n) is 4.91. The molecule has 0 radical (unpaired) electrons. The van der Waals surface area contributed by atoms with Crippen molar-refractivity contribution >= 4 is 9.84 Å². The van der Waals surface area contributed by atoms with Crippen molar-refractivity contribution in [1.29, 1.82) is 0 Å². The predicted molar refractivity (Wildman–Crippen MR) is 66.9 cm³/mol. The van der Waals surface area contributed by atoms with Crippen molar-refractivity contribution < 1.29 is 8.42 Å². The van der Waals surface area contributed by atoms with Crippen LogP contribution in [0.15, 0.2) is 0 Å². The maximum atomic E-state index is 11.4. The van der Waals surface area contributed by atoms with Crippen molar-refractivity contribution in [3.63, 3.8) is 0 Å². The van der Waals surface area contributed by atoms with Crippen LogP contribution >= 0.6 is 0 Å². The van der Waals surface area contributed by atoms with E-state index in [0.717, 1.165) is 19.4 Å². The van der Waals surface area contributed by atoms with Gasteiger partial charge in [-0.25, -0.2) is 8.42 Å². The molecule has 1 saturated heterocycles. The number of hydrogen-bond acceptors (Lipinski definition) is 3. The number of terminal acetylenes is 1. The van der Waals surface area contributed by atoms with Crippen LogP contribution in [0.1, 0.15) is 26.7 Å². The third kappa shape index (κ3) is 4.15. The fourth-order valence-corrected chi connectivity index (χ4v) is 3.76. The normalized spacial score (nSPS) is 23.8. The van der Waals surface area contributed by atoms with Gasteiger partial charge in [0.15, 0.2) is 9.84 Å². The smallest absolute Gasteiger partial charge is 0.151 e. The summed E-state index contributed by atoms with van der Waals surface area (Å²) < 4.78 is 22.8. The summed E-state index contributed by atoms with van der Waals surface area (Å²) >= 11 is 0. The minimum Gasteiger partial charge on any atom is -0.288 e. The highest BCUT2D eigenvalue weighted by Crippen LogP contribution is 2.18. The van der Waals surface area contributed by atoms with Gasteiger partial charge in [-0.1, -0.05) is 19.8 Å². The zero-order chi connectivity index (χ0) is 12.2. The van der Waals surface area contributed by atoms with Crippen LogP contribution < -0.4 is 0 Å². The van der Waals surface area contributed by atoms with Gasteiger partial charge in [-0.2, -0.15) is 0 Å². The molecule has 0 amide bonds. The Kier molecular flexibility index (Phi) is 4.82. The van der Waals surface area contributed by atoms with Gasteiger partial charge in [0.1, 0.15) is 0 Å². The first-order valence-electron chi connectivity index (χ1n) is 5.82. The maximum absolute atomic E-state index is 11.4. The van der Waals surface area contributed by atoms with Gasteiger partial charge in [0.2, 0.25) is 0 Å². The fourth-order valence-electron chi connectivity index (χ4n) is 2.00. The Balaban J connectivity index is 2.54. The zero-order valence-electron chi connectivity index (χ0n) is 10.1. The first kappa shape index (κ1) is 13.5. The lowest BCUT2D eigenvalue weighted by Crippen LogP contribution is -2.37. The topological polar surface area (TPSA) is 37.4 Å². The summed E-state index contributed by atoms with van der Waals surface area (Å²) in [5.74, 6) is 3.85. The molecule has 4 heteroatoms. The Morgan fingerprint density at radius 3 is 2.62 bits per heavy atom. The molecule has 0 saturated carbocycles. The molecule has 0 bridgehead atoms. The molecule has 0 aromatic heterocycles. The molecule has 1 unspecified atom stereocenters. The maximum Gasteiger partial charge on any atom is 0.151 e. The number of nitrogens with zero attached hydrogens (tertiary/aromatic N) is 1. The fraction of sp³-hybridized carbons (Fsp3) is 0.833. The summed E-state index contributed by atoms with van der Waals surface area (Å²) in [5.41, 5.74) is 0. The monoisotopic (exact) mass is 243 g/mol. The average Bonchev–Trinajstić information content (AvgIpc) is 2.53. The van der Waals surface area contributed by atoms with Gasteiger partial charge < -0.3 is 0 Å². The van der Waals surface area contributed by atoms with E-state index in [0.29, 0.717) is 18.2 Å². The lowest BCUT2D eigenvalue weighted by Gasteiger charge is -2.26. The van der Waals surface area contributed by atoms with E-state index in [9.17, 15) is 8.42 Å². The van der Waals surface area contributed by atoms with Crippen molar-refractivity contribution in [2.45, 2.75) is 32.7 Å². The highest BCUT2D eigenvalue weighted by molar-refractivity contribution is 7.91. The van der Waals surface area contributed by atoms with E-state index in [2.05, 4.69) is 24.7 Å². The van der Waals surface area contributed by atoms with Crippen molar-refractivity contribution in [1.82, 2.24) is 4.90 Å². The molecular weight excluding hydrogens is 222 g/mol. The third-order valence-corrected chi connectivity index (χ3v) is 4.76. The van der Waals surface area contributed by atoms with Crippen molar-refractivity contribution in [2.75, 3.05) is 24.6 Å². The van der Waals surface area contributed by atoms with E-state index >= 15 is 0 Å². The van der Waals surface area contributed by atoms with Crippen LogP contribution in [0.2, 0.25) is 0 Å². The standard InChI is InChI=1S/C12H21NO2S/c1-4-7-13(8-5-11(2)3)12-6-9-16(14,15)10-12/h1,11-12H,5-10H2,2-3H3. The van der Waals surface area contributed by atoms with E-state index in [-0.39, 0.29) is 11.8 Å². The molecule has 1 heterocycles. The molecule has 1 atom stereocenters. The molecule has 0 aromatic carbocycles. The second-order valence-corrected chi connectivity index (χ2v) is 7.14. The van der Waals surface area contributed by atoms with Gasteiger partial charge in [-0.15, -0.1) is 6.42 Å². The lowest BCUT2D eigenvalue weighted by atomic mass is 10.1. The molecule has 92 valence electrons. The molecule has 0 spiro atoms. The Morgan fingerprint density at radius 2 is 2.19 bits per heavy atom. The molecule has 0 aliphatic carbocycles. The summed E-state index contributed by atoms with van der Waals surface area (Å²) in [6, 6.07) is 0.139. The number of sulfone groups is 1. The first-order chi connectivity index (χ1) is 7.44. The Bertz CT molecular complexity index is 354. The number of hydrogen-bond donors (Lipinski definition) is 0. The molecular formula is C12H21NO2S. The van der Waals surface area contributed by atoms with Crippen LogP contribution in [0.3, 0.4) is 0 Å². The van der Waals surface area contributed by atoms with Gasteiger partial charge in [-0.3, -0.25) is 4.90 Å². The van der Waals surface area contributed by atoms with Crippen LogP contribution in [-0.4, -0.2) is 44.0 Å². The van der Waals surface area contributed by atoms with Gasteiger partial charge in [0.05, 0.1) is 18.1 Å². The van der Waals surface area contributed by atoms with Crippen molar-refractivity contribution in [3.05, 3.63) is 0 Å². The van der Waals surface area contributed by atoms with Gasteiger partial charge >= 0.3 is 0 Å². The van der Waals surface area contributed by atoms with Crippen LogP contribution in [0.25, 0.3) is 0 Å². The summed E-state index contributed by atoms with van der Waals surface area (Å²) in [6.07, 6.45) is 7.14. The molecule has 1 fully saturated rings. The molecule has 0 aromatic rings. The summed E-state index contributed by atoms with van der Waals surface area (Å²) in [5, 5.41) is 0. The van der Waals surface area contributed by atoms with Crippen LogP contribution in [-0.2, 0) is 9.84 Å². The van der Waals surface area contributed by atoms with E-state index in [4.69, 9.17) is 6.42 Å². The van der Waals surface area contributed by atoms with Crippen molar-refractivity contribution in [2.24, 2.45) is 5.92 Å². The molecule has 1 aliphatic rings. The summed E-state index contributed by atoms with van der Waals surface area (Å²) in [4.78, 5) is 2.14. The molecule has 16 heavy (non-hydrogen) atoms. The SMILES string of the molecule is C#CCN(CCC(C)C)C1CCS(=O)(=O)C1. The lowest BCUT2D eigenvalue weighted by molar-refractivity contribution is 0.226. The highest BCUT2D eigenvalue weighted by Gasteiger charge is 2.31. The van der Waals surface area contributed by atoms with Crippen LogP contribution in [0.5, 0.6) is 0 Å². The van der Waals surface area contributed by atoms with Crippen molar-refractivity contribution in [3.8, 4) is 12.3 Å². The highest BCUT2D eigenvalue weighted by atomic mass is 32.2. The average molecular weight is 243 g/mol. The van der Waals surface area contributed by atoms with E-state index in [1.807, 2.05) is 0 Å². The van der Waals surface area contributed by atoms with Crippen LogP contribution in [0, 0.1) is 18.3 Å².